The number of alkyl halides is 3. The molecule has 0 spiro atoms. The third-order valence-electron chi connectivity index (χ3n) is 6.73. The summed E-state index contributed by atoms with van der Waals surface area (Å²) in [5.41, 5.74) is 0. The Labute approximate surface area is 177 Å². The highest BCUT2D eigenvalue weighted by atomic mass is 35.6. The number of halogens is 4. The van der Waals surface area contributed by atoms with E-state index < -0.39 is 13.7 Å². The van der Waals surface area contributed by atoms with Gasteiger partial charge in [0.25, 0.3) is 0 Å². The summed E-state index contributed by atoms with van der Waals surface area (Å²) in [5, 5.41) is 0. The van der Waals surface area contributed by atoms with E-state index in [9.17, 15) is 13.2 Å². The number of hydrogen-bond acceptors (Lipinski definition) is 2. The minimum absolute atomic E-state index is 0.221. The van der Waals surface area contributed by atoms with E-state index in [0.717, 1.165) is 11.8 Å². The van der Waals surface area contributed by atoms with Gasteiger partial charge in [-0.1, -0.05) is 26.2 Å². The molecule has 1 aliphatic carbocycles. The molecule has 29 heavy (non-hydrogen) atoms. The molecule has 0 bridgehead atoms. The van der Waals surface area contributed by atoms with Crippen LogP contribution in [0.3, 0.4) is 0 Å². The summed E-state index contributed by atoms with van der Waals surface area (Å²) in [7, 11) is -1.44. The average Bonchev–Trinajstić information content (AvgIpc) is 2.67. The maximum absolute atomic E-state index is 12.2. The van der Waals surface area contributed by atoms with E-state index in [-0.39, 0.29) is 5.75 Å². The topological polar surface area (TPSA) is 18.5 Å². The Bertz CT molecular complexity index is 622. The van der Waals surface area contributed by atoms with E-state index >= 15 is 0 Å². The van der Waals surface area contributed by atoms with Crippen molar-refractivity contribution in [2.24, 2.45) is 17.8 Å². The SMILES string of the molecule is CCC[Si@]1(Cl)CC[C@@H](C2CCC(COc3ccc(OC(F)(F)F)cc3)CC2)CC1. The molecule has 1 saturated carbocycles. The van der Waals surface area contributed by atoms with Gasteiger partial charge in [-0.15, -0.1) is 13.2 Å². The third kappa shape index (κ3) is 7.09. The molecule has 7 heteroatoms. The van der Waals surface area contributed by atoms with Crippen LogP contribution in [0.5, 0.6) is 11.5 Å². The van der Waals surface area contributed by atoms with E-state index in [2.05, 4.69) is 11.7 Å². The highest BCUT2D eigenvalue weighted by molar-refractivity contribution is 7.20. The molecule has 0 aromatic heterocycles. The van der Waals surface area contributed by atoms with Crippen LogP contribution in [0.2, 0.25) is 18.1 Å². The zero-order valence-corrected chi connectivity index (χ0v) is 18.9. The molecule has 1 saturated heterocycles. The van der Waals surface area contributed by atoms with Crippen molar-refractivity contribution in [1.82, 2.24) is 0 Å². The summed E-state index contributed by atoms with van der Waals surface area (Å²) in [6.07, 6.45) is 4.10. The molecule has 2 fully saturated rings. The highest BCUT2D eigenvalue weighted by Gasteiger charge is 2.38. The Morgan fingerprint density at radius 3 is 2.03 bits per heavy atom. The number of hydrogen-bond donors (Lipinski definition) is 0. The number of benzene rings is 1. The van der Waals surface area contributed by atoms with Crippen molar-refractivity contribution in [1.29, 1.82) is 0 Å². The number of ether oxygens (including phenoxy) is 2. The van der Waals surface area contributed by atoms with Gasteiger partial charge in [0.1, 0.15) is 11.5 Å². The van der Waals surface area contributed by atoms with E-state index in [1.807, 2.05) is 0 Å². The number of rotatable bonds is 7. The van der Waals surface area contributed by atoms with Gasteiger partial charge >= 0.3 is 6.36 Å². The molecule has 0 amide bonds. The Hall–Kier alpha value is -0.883. The lowest BCUT2D eigenvalue weighted by atomic mass is 9.74. The summed E-state index contributed by atoms with van der Waals surface area (Å²) >= 11 is 6.90. The summed E-state index contributed by atoms with van der Waals surface area (Å²) in [4.78, 5) is 0. The van der Waals surface area contributed by atoms with Crippen LogP contribution in [0.15, 0.2) is 24.3 Å². The van der Waals surface area contributed by atoms with Gasteiger partial charge in [0.15, 0.2) is 7.38 Å². The van der Waals surface area contributed by atoms with E-state index in [4.69, 9.17) is 15.8 Å². The molecule has 2 aliphatic rings. The van der Waals surface area contributed by atoms with Crippen molar-refractivity contribution in [3.05, 3.63) is 24.3 Å². The molecule has 0 unspecified atom stereocenters. The summed E-state index contributed by atoms with van der Waals surface area (Å²) in [6.45, 7) is 2.88. The molecular formula is C22H32ClF3O2Si. The first kappa shape index (κ1) is 22.8. The van der Waals surface area contributed by atoms with Gasteiger partial charge < -0.3 is 9.47 Å². The third-order valence-corrected chi connectivity index (χ3v) is 12.2. The predicted octanol–water partition coefficient (Wildman–Crippen LogP) is 7.77. The summed E-state index contributed by atoms with van der Waals surface area (Å²) in [6, 6.07) is 9.52. The van der Waals surface area contributed by atoms with Gasteiger partial charge in [0.05, 0.1) is 6.61 Å². The Balaban J connectivity index is 1.37. The molecule has 1 heterocycles. The van der Waals surface area contributed by atoms with Crippen LogP contribution >= 0.6 is 11.1 Å². The largest absolute Gasteiger partial charge is 0.573 e. The van der Waals surface area contributed by atoms with Gasteiger partial charge in [-0.05, 0) is 85.8 Å². The van der Waals surface area contributed by atoms with E-state index in [1.165, 1.54) is 87.3 Å². The van der Waals surface area contributed by atoms with Crippen molar-refractivity contribution in [3.8, 4) is 11.5 Å². The van der Waals surface area contributed by atoms with Crippen molar-refractivity contribution < 1.29 is 22.6 Å². The van der Waals surface area contributed by atoms with Gasteiger partial charge in [-0.2, -0.15) is 11.1 Å². The Kier molecular flexibility index (Phi) is 7.82. The average molecular weight is 449 g/mol. The normalized spacial score (nSPS) is 30.7. The van der Waals surface area contributed by atoms with Gasteiger partial charge in [-0.3, -0.25) is 0 Å². The molecule has 2 nitrogen and oxygen atoms in total. The van der Waals surface area contributed by atoms with Gasteiger partial charge in [0.2, 0.25) is 0 Å². The fraction of sp³-hybridized carbons (Fsp3) is 0.727. The molecule has 0 atom stereocenters. The summed E-state index contributed by atoms with van der Waals surface area (Å²) < 4.78 is 46.3. The molecule has 1 aliphatic heterocycles. The first-order valence-corrected chi connectivity index (χ1v) is 14.6. The van der Waals surface area contributed by atoms with E-state index in [1.54, 1.807) is 0 Å². The molecule has 1 aromatic rings. The van der Waals surface area contributed by atoms with Crippen molar-refractivity contribution in [2.75, 3.05) is 6.61 Å². The van der Waals surface area contributed by atoms with Crippen LogP contribution in [-0.2, 0) is 0 Å². The highest BCUT2D eigenvalue weighted by Crippen LogP contribution is 2.45. The van der Waals surface area contributed by atoms with Gasteiger partial charge in [0, 0.05) is 0 Å². The quantitative estimate of drug-likeness (QED) is 0.313. The standard InChI is InChI=1S/C22H32ClF3O2Si/c1-2-13-29(23)14-11-19(12-15-29)18-5-3-17(4-6-18)16-27-20-7-9-21(10-8-20)28-22(24,25)26/h7-10,17-19H,2-6,11-16H2,1H3/t17?,18?,19-,29+. The zero-order chi connectivity index (χ0) is 20.9. The predicted molar refractivity (Wildman–Crippen MR) is 113 cm³/mol. The van der Waals surface area contributed by atoms with Crippen LogP contribution in [0.4, 0.5) is 13.2 Å². The molecule has 164 valence electrons. The van der Waals surface area contributed by atoms with Crippen molar-refractivity contribution in [2.45, 2.75) is 76.4 Å². The fourth-order valence-corrected chi connectivity index (χ4v) is 9.75. The second kappa shape index (κ2) is 9.95. The maximum Gasteiger partial charge on any atom is 0.573 e. The minimum Gasteiger partial charge on any atom is -0.493 e. The second-order valence-electron chi connectivity index (χ2n) is 8.85. The van der Waals surface area contributed by atoms with Crippen molar-refractivity contribution in [3.63, 3.8) is 0 Å². The maximum atomic E-state index is 12.2. The molecule has 3 rings (SSSR count). The Morgan fingerprint density at radius 1 is 0.931 bits per heavy atom. The summed E-state index contributed by atoms with van der Waals surface area (Å²) in [5.74, 6) is 2.59. The van der Waals surface area contributed by atoms with Gasteiger partial charge in [-0.25, -0.2) is 0 Å². The van der Waals surface area contributed by atoms with Crippen LogP contribution in [0.25, 0.3) is 0 Å². The molecule has 0 radical (unpaired) electrons. The Morgan fingerprint density at radius 2 is 1.48 bits per heavy atom. The van der Waals surface area contributed by atoms with Crippen LogP contribution in [0, 0.1) is 17.8 Å². The molecule has 0 N–H and O–H groups in total. The van der Waals surface area contributed by atoms with Crippen LogP contribution in [0.1, 0.15) is 51.9 Å². The molecule has 1 aromatic carbocycles. The first-order chi connectivity index (χ1) is 13.8. The smallest absolute Gasteiger partial charge is 0.493 e. The first-order valence-electron chi connectivity index (χ1n) is 10.9. The lowest BCUT2D eigenvalue weighted by molar-refractivity contribution is -0.274. The second-order valence-corrected chi connectivity index (χ2v) is 15.1. The lowest BCUT2D eigenvalue weighted by Crippen LogP contribution is -2.35. The van der Waals surface area contributed by atoms with Crippen LogP contribution in [-0.4, -0.2) is 20.4 Å². The van der Waals surface area contributed by atoms with Crippen LogP contribution < -0.4 is 9.47 Å². The van der Waals surface area contributed by atoms with Crippen molar-refractivity contribution >= 4 is 18.5 Å². The fourth-order valence-electron chi connectivity index (χ4n) is 5.10. The lowest BCUT2D eigenvalue weighted by Gasteiger charge is -2.40. The molecular weight excluding hydrogens is 417 g/mol. The monoisotopic (exact) mass is 448 g/mol. The van der Waals surface area contributed by atoms with E-state index in [0.29, 0.717) is 18.3 Å². The zero-order valence-electron chi connectivity index (χ0n) is 17.1. The minimum atomic E-state index is -4.66.